The van der Waals surface area contributed by atoms with Crippen molar-refractivity contribution >= 4 is 11.6 Å². The van der Waals surface area contributed by atoms with Gasteiger partial charge < -0.3 is 4.74 Å². The number of nitrogens with zero attached hydrogens (tertiary/aromatic N) is 1. The van der Waals surface area contributed by atoms with Crippen LogP contribution in [0.2, 0.25) is 0 Å². The Bertz CT molecular complexity index is 291. The zero-order valence-corrected chi connectivity index (χ0v) is 9.49. The van der Waals surface area contributed by atoms with Crippen LogP contribution in [-0.4, -0.2) is 36.6 Å². The predicted octanol–water partition coefficient (Wildman–Crippen LogP) is 2.13. The standard InChI is InChI=1S/C12H16ClNO/c13-8-12-10-14(6-7-15-12)9-11-4-2-1-3-5-11/h1-5,12H,6-10H2/t12-/m1/s1. The molecule has 0 spiro atoms. The molecule has 0 aliphatic carbocycles. The van der Waals surface area contributed by atoms with E-state index in [4.69, 9.17) is 16.3 Å². The van der Waals surface area contributed by atoms with E-state index in [-0.39, 0.29) is 6.10 Å². The molecule has 1 fully saturated rings. The minimum atomic E-state index is 0.198. The molecule has 3 heteroatoms. The zero-order valence-electron chi connectivity index (χ0n) is 8.73. The molecule has 1 aliphatic rings. The van der Waals surface area contributed by atoms with Crippen LogP contribution in [0.5, 0.6) is 0 Å². The maximum Gasteiger partial charge on any atom is 0.0837 e. The van der Waals surface area contributed by atoms with Crippen molar-refractivity contribution in [3.8, 4) is 0 Å². The van der Waals surface area contributed by atoms with Crippen LogP contribution >= 0.6 is 11.6 Å². The van der Waals surface area contributed by atoms with Gasteiger partial charge in [-0.3, -0.25) is 4.90 Å². The van der Waals surface area contributed by atoms with Crippen LogP contribution in [0.4, 0.5) is 0 Å². The third-order valence-corrected chi connectivity index (χ3v) is 2.99. The van der Waals surface area contributed by atoms with E-state index < -0.39 is 0 Å². The molecule has 2 rings (SSSR count). The molecule has 82 valence electrons. The van der Waals surface area contributed by atoms with Crippen LogP contribution in [0.3, 0.4) is 0 Å². The summed E-state index contributed by atoms with van der Waals surface area (Å²) in [5, 5.41) is 0. The normalized spacial score (nSPS) is 22.9. The third-order valence-electron chi connectivity index (χ3n) is 2.64. The summed E-state index contributed by atoms with van der Waals surface area (Å²) in [6.07, 6.45) is 0.198. The second-order valence-electron chi connectivity index (χ2n) is 3.87. The van der Waals surface area contributed by atoms with E-state index in [2.05, 4.69) is 29.2 Å². The Morgan fingerprint density at radius 2 is 2.13 bits per heavy atom. The van der Waals surface area contributed by atoms with Crippen molar-refractivity contribution in [2.75, 3.05) is 25.6 Å². The first kappa shape index (κ1) is 10.9. The van der Waals surface area contributed by atoms with E-state index in [1.165, 1.54) is 5.56 Å². The zero-order chi connectivity index (χ0) is 10.5. The van der Waals surface area contributed by atoms with Crippen LogP contribution in [0.1, 0.15) is 5.56 Å². The second-order valence-corrected chi connectivity index (χ2v) is 4.18. The highest BCUT2D eigenvalue weighted by Crippen LogP contribution is 2.10. The van der Waals surface area contributed by atoms with Gasteiger partial charge in [-0.1, -0.05) is 30.3 Å². The maximum atomic E-state index is 5.80. The summed E-state index contributed by atoms with van der Waals surface area (Å²) in [5.74, 6) is 0.589. The molecule has 0 bridgehead atoms. The Morgan fingerprint density at radius 1 is 1.33 bits per heavy atom. The van der Waals surface area contributed by atoms with Gasteiger partial charge in [-0.15, -0.1) is 11.6 Å². The number of rotatable bonds is 3. The summed E-state index contributed by atoms with van der Waals surface area (Å²) in [7, 11) is 0. The van der Waals surface area contributed by atoms with E-state index in [1.807, 2.05) is 6.07 Å². The van der Waals surface area contributed by atoms with Crippen LogP contribution in [0.15, 0.2) is 30.3 Å². The van der Waals surface area contributed by atoms with Crippen molar-refractivity contribution < 1.29 is 4.74 Å². The van der Waals surface area contributed by atoms with Crippen LogP contribution in [0, 0.1) is 0 Å². The lowest BCUT2D eigenvalue weighted by Gasteiger charge is -2.31. The van der Waals surface area contributed by atoms with Gasteiger partial charge in [-0.05, 0) is 5.56 Å². The molecular formula is C12H16ClNO. The largest absolute Gasteiger partial charge is 0.374 e. The molecule has 1 aliphatic heterocycles. The SMILES string of the molecule is ClC[C@@H]1CN(Cc2ccccc2)CCO1. The fourth-order valence-corrected chi connectivity index (χ4v) is 2.05. The highest BCUT2D eigenvalue weighted by molar-refractivity contribution is 6.18. The van der Waals surface area contributed by atoms with E-state index in [1.54, 1.807) is 0 Å². The number of ether oxygens (including phenoxy) is 1. The Balaban J connectivity index is 1.89. The maximum absolute atomic E-state index is 5.80. The molecule has 0 N–H and O–H groups in total. The van der Waals surface area contributed by atoms with E-state index in [9.17, 15) is 0 Å². The smallest absolute Gasteiger partial charge is 0.0837 e. The Hall–Kier alpha value is -0.570. The summed E-state index contributed by atoms with van der Waals surface area (Å²) in [6, 6.07) is 10.5. The summed E-state index contributed by atoms with van der Waals surface area (Å²) in [6.45, 7) is 3.74. The molecular weight excluding hydrogens is 210 g/mol. The third kappa shape index (κ3) is 3.20. The van der Waals surface area contributed by atoms with Gasteiger partial charge in [0, 0.05) is 25.5 Å². The number of morpholine rings is 1. The average Bonchev–Trinajstić information content (AvgIpc) is 2.31. The summed E-state index contributed by atoms with van der Waals surface area (Å²) in [5.41, 5.74) is 1.35. The van der Waals surface area contributed by atoms with Crippen molar-refractivity contribution in [1.82, 2.24) is 4.90 Å². The molecule has 0 radical (unpaired) electrons. The molecule has 1 atom stereocenters. The lowest BCUT2D eigenvalue weighted by atomic mass is 10.2. The number of benzene rings is 1. The highest BCUT2D eigenvalue weighted by Gasteiger charge is 2.19. The number of alkyl halides is 1. The minimum absolute atomic E-state index is 0.198. The fraction of sp³-hybridized carbons (Fsp3) is 0.500. The van der Waals surface area contributed by atoms with E-state index in [0.717, 1.165) is 26.2 Å². The topological polar surface area (TPSA) is 12.5 Å². The van der Waals surface area contributed by atoms with Gasteiger partial charge in [-0.2, -0.15) is 0 Å². The quantitative estimate of drug-likeness (QED) is 0.731. The van der Waals surface area contributed by atoms with Crippen molar-refractivity contribution in [2.24, 2.45) is 0 Å². The van der Waals surface area contributed by atoms with Crippen LogP contribution < -0.4 is 0 Å². The molecule has 0 unspecified atom stereocenters. The summed E-state index contributed by atoms with van der Waals surface area (Å²) < 4.78 is 5.52. The van der Waals surface area contributed by atoms with Crippen LogP contribution in [0.25, 0.3) is 0 Å². The van der Waals surface area contributed by atoms with Gasteiger partial charge in [0.25, 0.3) is 0 Å². The first-order chi connectivity index (χ1) is 7.38. The Morgan fingerprint density at radius 3 is 2.87 bits per heavy atom. The van der Waals surface area contributed by atoms with E-state index >= 15 is 0 Å². The molecule has 1 aromatic rings. The lowest BCUT2D eigenvalue weighted by Crippen LogP contribution is -2.42. The van der Waals surface area contributed by atoms with Crippen molar-refractivity contribution in [2.45, 2.75) is 12.6 Å². The van der Waals surface area contributed by atoms with Gasteiger partial charge in [0.05, 0.1) is 12.7 Å². The Kier molecular flexibility index (Phi) is 4.01. The first-order valence-electron chi connectivity index (χ1n) is 5.32. The molecule has 0 amide bonds. The summed E-state index contributed by atoms with van der Waals surface area (Å²) in [4.78, 5) is 2.39. The molecule has 0 aromatic heterocycles. The second kappa shape index (κ2) is 5.50. The van der Waals surface area contributed by atoms with Gasteiger partial charge in [0.15, 0.2) is 0 Å². The highest BCUT2D eigenvalue weighted by atomic mass is 35.5. The number of hydrogen-bond donors (Lipinski definition) is 0. The van der Waals surface area contributed by atoms with Crippen molar-refractivity contribution in [3.05, 3.63) is 35.9 Å². The molecule has 1 heterocycles. The monoisotopic (exact) mass is 225 g/mol. The molecule has 15 heavy (non-hydrogen) atoms. The molecule has 2 nitrogen and oxygen atoms in total. The first-order valence-corrected chi connectivity index (χ1v) is 5.86. The fourth-order valence-electron chi connectivity index (χ4n) is 1.86. The molecule has 1 aromatic carbocycles. The summed E-state index contributed by atoms with van der Waals surface area (Å²) >= 11 is 5.80. The average molecular weight is 226 g/mol. The number of halogens is 1. The van der Waals surface area contributed by atoms with Crippen molar-refractivity contribution in [3.63, 3.8) is 0 Å². The van der Waals surface area contributed by atoms with Crippen LogP contribution in [-0.2, 0) is 11.3 Å². The van der Waals surface area contributed by atoms with Gasteiger partial charge in [0.2, 0.25) is 0 Å². The molecule has 1 saturated heterocycles. The predicted molar refractivity (Wildman–Crippen MR) is 62.2 cm³/mol. The van der Waals surface area contributed by atoms with Crippen molar-refractivity contribution in [1.29, 1.82) is 0 Å². The van der Waals surface area contributed by atoms with Gasteiger partial charge in [-0.25, -0.2) is 0 Å². The van der Waals surface area contributed by atoms with Gasteiger partial charge >= 0.3 is 0 Å². The Labute approximate surface area is 95.8 Å². The minimum Gasteiger partial charge on any atom is -0.374 e. The van der Waals surface area contributed by atoms with Gasteiger partial charge in [0.1, 0.15) is 0 Å². The lowest BCUT2D eigenvalue weighted by molar-refractivity contribution is -0.0193. The molecule has 0 saturated carbocycles. The number of hydrogen-bond acceptors (Lipinski definition) is 2. The van der Waals surface area contributed by atoms with E-state index in [0.29, 0.717) is 5.88 Å².